The zero-order valence-electron chi connectivity index (χ0n) is 21.3. The minimum absolute atomic E-state index is 0.136. The van der Waals surface area contributed by atoms with Crippen LogP contribution in [0.5, 0.6) is 5.75 Å². The molecular formula is C29H36N4O4. The number of nitrogens with zero attached hydrogens (tertiary/aromatic N) is 3. The lowest BCUT2D eigenvalue weighted by atomic mass is 9.89. The number of carbonyl (C=O) groups excluding carboxylic acids is 1. The normalized spacial score (nSPS) is 21.5. The predicted molar refractivity (Wildman–Crippen MR) is 140 cm³/mol. The first kappa shape index (κ1) is 24.2. The molecule has 0 radical (unpaired) electrons. The average Bonchev–Trinajstić information content (AvgIpc) is 3.70. The van der Waals surface area contributed by atoms with Crippen LogP contribution < -0.4 is 10.1 Å². The van der Waals surface area contributed by atoms with E-state index in [1.54, 1.807) is 0 Å². The van der Waals surface area contributed by atoms with Crippen molar-refractivity contribution in [2.45, 2.75) is 57.1 Å². The van der Waals surface area contributed by atoms with Crippen LogP contribution in [-0.4, -0.2) is 70.6 Å². The third-order valence-corrected chi connectivity index (χ3v) is 8.27. The van der Waals surface area contributed by atoms with Gasteiger partial charge in [0, 0.05) is 44.0 Å². The van der Waals surface area contributed by atoms with Crippen molar-refractivity contribution in [2.24, 2.45) is 11.8 Å². The number of piperidine rings is 1. The number of para-hydroxylation sites is 1. The van der Waals surface area contributed by atoms with E-state index < -0.39 is 12.0 Å². The largest absolute Gasteiger partial charge is 0.490 e. The molecule has 2 aromatic rings. The molecule has 2 N–H and O–H groups in total. The molecule has 8 heteroatoms. The molecule has 8 nitrogen and oxygen atoms in total. The molecule has 1 aliphatic carbocycles. The number of rotatable bonds is 8. The predicted octanol–water partition coefficient (Wildman–Crippen LogP) is 3.52. The topological polar surface area (TPSA) is 95.0 Å². The fourth-order valence-corrected chi connectivity index (χ4v) is 5.94. The number of carboxylic acids is 1. The summed E-state index contributed by atoms with van der Waals surface area (Å²) < 4.78 is 5.98. The van der Waals surface area contributed by atoms with Crippen LogP contribution in [0.3, 0.4) is 0 Å². The molecule has 4 aliphatic rings. The quantitative estimate of drug-likeness (QED) is 0.568. The van der Waals surface area contributed by atoms with E-state index in [-0.39, 0.29) is 17.9 Å². The molecule has 0 spiro atoms. The summed E-state index contributed by atoms with van der Waals surface area (Å²) in [7, 11) is 0. The van der Waals surface area contributed by atoms with Crippen molar-refractivity contribution in [2.75, 3.05) is 38.0 Å². The van der Waals surface area contributed by atoms with Crippen LogP contribution in [-0.2, 0) is 22.4 Å². The molecule has 37 heavy (non-hydrogen) atoms. The van der Waals surface area contributed by atoms with Gasteiger partial charge in [-0.2, -0.15) is 0 Å². The number of aliphatic carboxylic acids is 1. The van der Waals surface area contributed by atoms with Gasteiger partial charge in [0.2, 0.25) is 5.91 Å². The number of carboxylic acid groups (broad SMARTS) is 1. The second-order valence-electron chi connectivity index (χ2n) is 11.1. The number of anilines is 1. The van der Waals surface area contributed by atoms with Gasteiger partial charge in [0.05, 0.1) is 12.0 Å². The summed E-state index contributed by atoms with van der Waals surface area (Å²) in [5.41, 5.74) is 3.13. The average molecular weight is 505 g/mol. The molecule has 1 saturated carbocycles. The van der Waals surface area contributed by atoms with E-state index in [4.69, 9.17) is 9.72 Å². The SMILES string of the molecule is O=C(O)[C@@H](c1ccccc1OC1CC1)N1CC(C(=O)N2CCC(Cc3ccc4c(n3)NCCC4)CC2)C1. The van der Waals surface area contributed by atoms with Gasteiger partial charge < -0.3 is 20.1 Å². The highest BCUT2D eigenvalue weighted by Gasteiger charge is 2.43. The van der Waals surface area contributed by atoms with Crippen molar-refractivity contribution in [1.29, 1.82) is 0 Å². The van der Waals surface area contributed by atoms with Crippen molar-refractivity contribution in [3.63, 3.8) is 0 Å². The lowest BCUT2D eigenvalue weighted by Crippen LogP contribution is -2.57. The van der Waals surface area contributed by atoms with Gasteiger partial charge >= 0.3 is 5.97 Å². The van der Waals surface area contributed by atoms with Gasteiger partial charge in [-0.05, 0) is 68.6 Å². The summed E-state index contributed by atoms with van der Waals surface area (Å²) in [6.45, 7) is 3.48. The fourth-order valence-electron chi connectivity index (χ4n) is 5.94. The van der Waals surface area contributed by atoms with Gasteiger partial charge in [-0.15, -0.1) is 0 Å². The third kappa shape index (κ3) is 5.30. The standard InChI is InChI=1S/C29H36N4O4/c34-28(32-14-11-19(12-15-32)16-22-8-7-20-4-3-13-30-27(20)31-22)21-17-33(18-21)26(29(35)36)24-5-1-2-6-25(24)37-23-9-10-23/h1-2,5-8,19,21,23,26H,3-4,9-18H2,(H,30,31)(H,35,36)/t26-/m1/s1. The highest BCUT2D eigenvalue weighted by atomic mass is 16.5. The Morgan fingerprint density at radius 2 is 1.86 bits per heavy atom. The first-order chi connectivity index (χ1) is 18.0. The Labute approximate surface area is 218 Å². The first-order valence-corrected chi connectivity index (χ1v) is 13.8. The van der Waals surface area contributed by atoms with Crippen LogP contribution in [0.1, 0.15) is 55.0 Å². The van der Waals surface area contributed by atoms with E-state index in [0.717, 1.165) is 69.7 Å². The van der Waals surface area contributed by atoms with Crippen LogP contribution in [0.4, 0.5) is 5.82 Å². The first-order valence-electron chi connectivity index (χ1n) is 13.8. The molecule has 1 aromatic heterocycles. The maximum Gasteiger partial charge on any atom is 0.325 e. The Kier molecular flexibility index (Phi) is 6.76. The summed E-state index contributed by atoms with van der Waals surface area (Å²) in [6, 6.07) is 11.0. The second-order valence-corrected chi connectivity index (χ2v) is 11.1. The molecule has 0 bridgehead atoms. The van der Waals surface area contributed by atoms with Crippen LogP contribution >= 0.6 is 0 Å². The summed E-state index contributed by atoms with van der Waals surface area (Å²) in [5.74, 6) is 1.37. The highest BCUT2D eigenvalue weighted by molar-refractivity contribution is 5.82. The fraction of sp³-hybridized carbons (Fsp3) is 0.552. The number of carbonyl (C=O) groups is 2. The Morgan fingerprint density at radius 3 is 2.62 bits per heavy atom. The molecule has 2 saturated heterocycles. The minimum Gasteiger partial charge on any atom is -0.490 e. The van der Waals surface area contributed by atoms with E-state index in [2.05, 4.69) is 17.4 Å². The maximum atomic E-state index is 13.2. The number of amides is 1. The summed E-state index contributed by atoms with van der Waals surface area (Å²) in [5, 5.41) is 13.4. The van der Waals surface area contributed by atoms with E-state index in [9.17, 15) is 14.7 Å². The molecule has 1 aromatic carbocycles. The number of nitrogens with one attached hydrogen (secondary N) is 1. The Morgan fingerprint density at radius 1 is 1.08 bits per heavy atom. The van der Waals surface area contributed by atoms with Gasteiger partial charge in [0.15, 0.2) is 0 Å². The number of hydrogen-bond donors (Lipinski definition) is 2. The Balaban J connectivity index is 1.01. The number of ether oxygens (including phenoxy) is 1. The van der Waals surface area contributed by atoms with E-state index in [0.29, 0.717) is 30.3 Å². The Bertz CT molecular complexity index is 1150. The number of hydrogen-bond acceptors (Lipinski definition) is 6. The monoisotopic (exact) mass is 504 g/mol. The summed E-state index contributed by atoms with van der Waals surface area (Å²) in [6.07, 6.45) is 7.42. The number of pyridine rings is 1. The molecule has 196 valence electrons. The third-order valence-electron chi connectivity index (χ3n) is 8.27. The van der Waals surface area contributed by atoms with Crippen molar-refractivity contribution >= 4 is 17.7 Å². The number of fused-ring (bicyclic) bond motifs is 1. The number of aromatic nitrogens is 1. The molecule has 3 fully saturated rings. The summed E-state index contributed by atoms with van der Waals surface area (Å²) >= 11 is 0. The summed E-state index contributed by atoms with van der Waals surface area (Å²) in [4.78, 5) is 34.2. The molecule has 1 atom stereocenters. The van der Waals surface area contributed by atoms with Crippen LogP contribution in [0.2, 0.25) is 0 Å². The van der Waals surface area contributed by atoms with Crippen LogP contribution in [0.15, 0.2) is 36.4 Å². The number of likely N-dealkylation sites (tertiary alicyclic amines) is 2. The van der Waals surface area contributed by atoms with Crippen molar-refractivity contribution in [1.82, 2.24) is 14.8 Å². The van der Waals surface area contributed by atoms with Crippen LogP contribution in [0, 0.1) is 11.8 Å². The zero-order valence-corrected chi connectivity index (χ0v) is 21.3. The minimum atomic E-state index is -0.899. The maximum absolute atomic E-state index is 13.2. The van der Waals surface area contributed by atoms with E-state index in [1.807, 2.05) is 34.1 Å². The molecule has 4 heterocycles. The number of aryl methyl sites for hydroxylation is 1. The molecule has 3 aliphatic heterocycles. The van der Waals surface area contributed by atoms with Gasteiger partial charge in [0.25, 0.3) is 0 Å². The highest BCUT2D eigenvalue weighted by Crippen LogP contribution is 2.37. The van der Waals surface area contributed by atoms with E-state index in [1.165, 1.54) is 12.0 Å². The van der Waals surface area contributed by atoms with Gasteiger partial charge in [-0.1, -0.05) is 24.3 Å². The second kappa shape index (κ2) is 10.3. The Hall–Kier alpha value is -3.13. The van der Waals surface area contributed by atoms with Gasteiger partial charge in [-0.3, -0.25) is 14.5 Å². The smallest absolute Gasteiger partial charge is 0.325 e. The lowest BCUT2D eigenvalue weighted by Gasteiger charge is -2.44. The molecule has 6 rings (SSSR count). The molecule has 0 unspecified atom stereocenters. The molecular weight excluding hydrogens is 468 g/mol. The van der Waals surface area contributed by atoms with Gasteiger partial charge in [-0.25, -0.2) is 4.98 Å². The zero-order chi connectivity index (χ0) is 25.4. The number of benzene rings is 1. The lowest BCUT2D eigenvalue weighted by molar-refractivity contribution is -0.153. The molecule has 1 amide bonds. The van der Waals surface area contributed by atoms with Crippen LogP contribution in [0.25, 0.3) is 0 Å². The van der Waals surface area contributed by atoms with E-state index >= 15 is 0 Å². The van der Waals surface area contributed by atoms with Crippen molar-refractivity contribution < 1.29 is 19.4 Å². The van der Waals surface area contributed by atoms with Gasteiger partial charge in [0.1, 0.15) is 17.6 Å². The van der Waals surface area contributed by atoms with Crippen molar-refractivity contribution in [3.8, 4) is 5.75 Å². The van der Waals surface area contributed by atoms with Crippen molar-refractivity contribution in [3.05, 3.63) is 53.2 Å².